The van der Waals surface area contributed by atoms with E-state index in [4.69, 9.17) is 4.74 Å². The zero-order chi connectivity index (χ0) is 12.3. The van der Waals surface area contributed by atoms with Gasteiger partial charge in [-0.05, 0) is 38.1 Å². The van der Waals surface area contributed by atoms with Gasteiger partial charge in [0.15, 0.2) is 4.90 Å². The van der Waals surface area contributed by atoms with Crippen LogP contribution in [0, 0.1) is 0 Å². The van der Waals surface area contributed by atoms with Crippen molar-refractivity contribution in [3.63, 3.8) is 0 Å². The van der Waals surface area contributed by atoms with Crippen LogP contribution in [0.5, 0.6) is 0 Å². The second-order valence-corrected chi connectivity index (χ2v) is 7.15. The largest absolute Gasteiger partial charge is 0.459 e. The fourth-order valence-electron chi connectivity index (χ4n) is 1.20. The summed E-state index contributed by atoms with van der Waals surface area (Å²) in [6.07, 6.45) is 3.22. The Morgan fingerprint density at radius 2 is 1.69 bits per heavy atom. The molecule has 1 aromatic carbocycles. The molecule has 0 spiro atoms. The third-order valence-corrected chi connectivity index (χ3v) is 3.41. The average molecular weight is 241 g/mol. The van der Waals surface area contributed by atoms with Crippen molar-refractivity contribution in [3.8, 4) is 0 Å². The molecule has 0 unspecified atom stereocenters. The predicted molar refractivity (Wildman–Crippen MR) is 65.2 cm³/mol. The standard InChI is InChI=1S/C12H17O3S/c1-9(2)15-12(13)10-5-7-11(8-6-10)16(3,4)14/h5-9H,1-4H3/q+1. The van der Waals surface area contributed by atoms with Crippen molar-refractivity contribution in [1.29, 1.82) is 0 Å². The molecule has 0 bridgehead atoms. The number of carbonyl (C=O) groups excluding carboxylic acids is 1. The van der Waals surface area contributed by atoms with Gasteiger partial charge < -0.3 is 4.74 Å². The van der Waals surface area contributed by atoms with Crippen LogP contribution in [0.15, 0.2) is 29.2 Å². The van der Waals surface area contributed by atoms with Crippen molar-refractivity contribution in [2.75, 3.05) is 12.5 Å². The van der Waals surface area contributed by atoms with Crippen molar-refractivity contribution in [2.24, 2.45) is 0 Å². The molecule has 0 aliphatic carbocycles. The number of rotatable bonds is 3. The summed E-state index contributed by atoms with van der Waals surface area (Å²) >= 11 is 0. The van der Waals surface area contributed by atoms with E-state index in [1.165, 1.54) is 0 Å². The molecule has 0 amide bonds. The topological polar surface area (TPSA) is 43.4 Å². The number of esters is 1. The van der Waals surface area contributed by atoms with Gasteiger partial charge in [-0.25, -0.2) is 4.79 Å². The lowest BCUT2D eigenvalue weighted by molar-refractivity contribution is 0.0378. The highest BCUT2D eigenvalue weighted by Gasteiger charge is 2.18. The van der Waals surface area contributed by atoms with Crippen molar-refractivity contribution < 1.29 is 13.7 Å². The van der Waals surface area contributed by atoms with Gasteiger partial charge in [-0.3, -0.25) is 0 Å². The van der Waals surface area contributed by atoms with Crippen LogP contribution in [0.1, 0.15) is 24.2 Å². The minimum Gasteiger partial charge on any atom is -0.459 e. The molecule has 0 saturated heterocycles. The Morgan fingerprint density at radius 1 is 1.19 bits per heavy atom. The average Bonchev–Trinajstić information content (AvgIpc) is 2.15. The molecule has 0 radical (unpaired) electrons. The molecule has 0 N–H and O–H groups in total. The van der Waals surface area contributed by atoms with Gasteiger partial charge in [0, 0.05) is 0 Å². The van der Waals surface area contributed by atoms with Gasteiger partial charge in [-0.15, -0.1) is 4.21 Å². The molecular formula is C12H17O3S+. The van der Waals surface area contributed by atoms with E-state index >= 15 is 0 Å². The first kappa shape index (κ1) is 12.9. The Morgan fingerprint density at radius 3 is 2.06 bits per heavy atom. The molecule has 0 saturated carbocycles. The lowest BCUT2D eigenvalue weighted by atomic mass is 10.2. The Bertz CT molecular complexity index is 414. The molecule has 0 fully saturated rings. The molecule has 0 aromatic heterocycles. The fraction of sp³-hybridized carbons (Fsp3) is 0.417. The lowest BCUT2D eigenvalue weighted by Gasteiger charge is -2.07. The fourth-order valence-corrected chi connectivity index (χ4v) is 1.99. The molecule has 16 heavy (non-hydrogen) atoms. The van der Waals surface area contributed by atoms with Gasteiger partial charge in [0.25, 0.3) is 0 Å². The second-order valence-electron chi connectivity index (χ2n) is 4.21. The zero-order valence-corrected chi connectivity index (χ0v) is 10.8. The van der Waals surface area contributed by atoms with Gasteiger partial charge in [0.1, 0.15) is 22.4 Å². The summed E-state index contributed by atoms with van der Waals surface area (Å²) in [5, 5.41) is 0. The number of benzene rings is 1. The predicted octanol–water partition coefficient (Wildman–Crippen LogP) is 2.37. The van der Waals surface area contributed by atoms with Crippen LogP contribution in [-0.4, -0.2) is 24.6 Å². The smallest absolute Gasteiger partial charge is 0.338 e. The van der Waals surface area contributed by atoms with Gasteiger partial charge in [-0.2, -0.15) is 0 Å². The molecule has 0 atom stereocenters. The Labute approximate surface area is 97.2 Å². The molecule has 1 rings (SSSR count). The lowest BCUT2D eigenvalue weighted by Crippen LogP contribution is -2.12. The summed E-state index contributed by atoms with van der Waals surface area (Å²) in [6, 6.07) is 6.71. The van der Waals surface area contributed by atoms with Crippen LogP contribution in [0.3, 0.4) is 0 Å². The third-order valence-electron chi connectivity index (χ3n) is 2.00. The maximum Gasteiger partial charge on any atom is 0.338 e. The summed E-state index contributed by atoms with van der Waals surface area (Å²) in [5.41, 5.74) is 0.487. The highest BCUT2D eigenvalue weighted by atomic mass is 32.2. The highest BCUT2D eigenvalue weighted by molar-refractivity contribution is 8.01. The summed E-state index contributed by atoms with van der Waals surface area (Å²) in [4.78, 5) is 12.3. The van der Waals surface area contributed by atoms with Crippen molar-refractivity contribution in [3.05, 3.63) is 29.8 Å². The maximum absolute atomic E-state index is 11.7. The molecular weight excluding hydrogens is 224 g/mol. The molecule has 0 aliphatic heterocycles. The van der Waals surface area contributed by atoms with Crippen LogP contribution < -0.4 is 0 Å². The minimum absolute atomic E-state index is 0.131. The van der Waals surface area contributed by atoms with E-state index < -0.39 is 9.93 Å². The summed E-state index contributed by atoms with van der Waals surface area (Å²) in [5.74, 6) is -0.347. The molecule has 1 aromatic rings. The minimum atomic E-state index is -1.97. The quantitative estimate of drug-likeness (QED) is 0.602. The molecule has 0 aliphatic rings. The van der Waals surface area contributed by atoms with Crippen LogP contribution in [0.25, 0.3) is 0 Å². The molecule has 4 heteroatoms. The van der Waals surface area contributed by atoms with E-state index in [1.54, 1.807) is 50.6 Å². The van der Waals surface area contributed by atoms with Crippen LogP contribution in [-0.2, 0) is 18.9 Å². The molecule has 88 valence electrons. The van der Waals surface area contributed by atoms with E-state index in [0.29, 0.717) is 5.56 Å². The van der Waals surface area contributed by atoms with Crippen LogP contribution in [0.4, 0.5) is 0 Å². The second kappa shape index (κ2) is 4.78. The number of hydrogen-bond acceptors (Lipinski definition) is 3. The summed E-state index contributed by atoms with van der Waals surface area (Å²) in [6.45, 7) is 3.61. The Kier molecular flexibility index (Phi) is 3.86. The molecule has 0 heterocycles. The van der Waals surface area contributed by atoms with Crippen LogP contribution >= 0.6 is 0 Å². The first-order valence-corrected chi connectivity index (χ1v) is 7.43. The monoisotopic (exact) mass is 241 g/mol. The third kappa shape index (κ3) is 3.45. The number of hydrogen-bond donors (Lipinski definition) is 0. The first-order valence-electron chi connectivity index (χ1n) is 5.06. The van der Waals surface area contributed by atoms with E-state index in [2.05, 4.69) is 0 Å². The van der Waals surface area contributed by atoms with E-state index in [1.807, 2.05) is 0 Å². The maximum atomic E-state index is 11.7. The van der Waals surface area contributed by atoms with Gasteiger partial charge in [-0.1, -0.05) is 0 Å². The van der Waals surface area contributed by atoms with Gasteiger partial charge in [0.2, 0.25) is 0 Å². The zero-order valence-electron chi connectivity index (χ0n) is 10.0. The highest BCUT2D eigenvalue weighted by Crippen LogP contribution is 2.15. The van der Waals surface area contributed by atoms with Crippen molar-refractivity contribution in [2.45, 2.75) is 24.8 Å². The summed E-state index contributed by atoms with van der Waals surface area (Å²) < 4.78 is 16.8. The van der Waals surface area contributed by atoms with Gasteiger partial charge >= 0.3 is 5.97 Å². The molecule has 3 nitrogen and oxygen atoms in total. The van der Waals surface area contributed by atoms with Crippen LogP contribution in [0.2, 0.25) is 0 Å². The number of ether oxygens (including phenoxy) is 1. The normalized spacial score (nSPS) is 11.6. The number of carbonyl (C=O) groups is 1. The SMILES string of the molecule is CC(C)OC(=O)c1ccc([S+](C)(C)=O)cc1. The van der Waals surface area contributed by atoms with Crippen molar-refractivity contribution >= 4 is 15.9 Å². The Balaban J connectivity index is 2.87. The van der Waals surface area contributed by atoms with E-state index in [0.717, 1.165) is 4.90 Å². The van der Waals surface area contributed by atoms with E-state index in [-0.39, 0.29) is 12.1 Å². The summed E-state index contributed by atoms with van der Waals surface area (Å²) in [7, 11) is -1.97. The Hall–Kier alpha value is -1.16. The first-order chi connectivity index (χ1) is 7.30. The van der Waals surface area contributed by atoms with Gasteiger partial charge in [0.05, 0.1) is 11.7 Å². The van der Waals surface area contributed by atoms with Crippen molar-refractivity contribution in [1.82, 2.24) is 0 Å². The van der Waals surface area contributed by atoms with E-state index in [9.17, 15) is 9.00 Å².